The number of hydrogen-bond donors (Lipinski definition) is 2. The molecule has 1 aromatic heterocycles. The smallest absolute Gasteiger partial charge is 0.317 e. The summed E-state index contributed by atoms with van der Waals surface area (Å²) in [7, 11) is 9.02. The van der Waals surface area contributed by atoms with Crippen LogP contribution < -0.4 is 30.6 Å². The minimum atomic E-state index is -0.983. The molecule has 3 saturated heterocycles. The number of amides is 6. The van der Waals surface area contributed by atoms with Crippen LogP contribution in [0.3, 0.4) is 0 Å². The number of urea groups is 1. The Morgan fingerprint density at radius 3 is 2.28 bits per heavy atom. The molecule has 16 heteroatoms. The molecule has 1 spiro atoms. The number of likely N-dealkylation sites (tertiary alicyclic amines) is 1. The number of rotatable bonds is 11. The number of anilines is 1. The summed E-state index contributed by atoms with van der Waals surface area (Å²) in [5, 5.41) is 5.35. The second-order valence-electron chi connectivity index (χ2n) is 17.5. The van der Waals surface area contributed by atoms with Crippen molar-refractivity contribution in [1.82, 2.24) is 34.8 Å². The molecule has 0 radical (unpaired) electrons. The molecule has 6 amide bonds. The molecule has 1 atom stereocenters. The fourth-order valence-corrected chi connectivity index (χ4v) is 9.91. The zero-order valence-corrected chi connectivity index (χ0v) is 35.8. The van der Waals surface area contributed by atoms with E-state index in [9.17, 15) is 28.8 Å². The standard InChI is InChI=1S/C45H56N8O8/c1-48(2)24-35-37(60-4)21-28(22-38(35)61-5)33-25-49(3)41(56)34-26-51(17-11-30(33)34)44(59)46-15-6-16-50-18-12-45(13-19-50)14-20-52(27-45)29-7-8-31-32(23-29)43(58)53(42(31)57)36-9-10-39(54)47-40(36)55/h7-8,21-23,25,36H,6,9-20,24,26-27H2,1-5H3,(H,46,59)(H,47,54,55). The lowest BCUT2D eigenvalue weighted by Gasteiger charge is -2.39. The molecule has 2 aromatic carbocycles. The lowest BCUT2D eigenvalue weighted by atomic mass is 9.78. The fourth-order valence-electron chi connectivity index (χ4n) is 9.91. The van der Waals surface area contributed by atoms with E-state index in [1.165, 1.54) is 0 Å². The first kappa shape index (κ1) is 42.0. The van der Waals surface area contributed by atoms with Gasteiger partial charge in [0.25, 0.3) is 17.4 Å². The van der Waals surface area contributed by atoms with Crippen molar-refractivity contribution >= 4 is 35.3 Å². The molecule has 3 aromatic rings. The van der Waals surface area contributed by atoms with Crippen LogP contribution in [0.15, 0.2) is 41.3 Å². The van der Waals surface area contributed by atoms with E-state index in [-0.39, 0.29) is 36.4 Å². The maximum Gasteiger partial charge on any atom is 0.317 e. The van der Waals surface area contributed by atoms with Crippen LogP contribution >= 0.6 is 0 Å². The minimum Gasteiger partial charge on any atom is -0.496 e. The van der Waals surface area contributed by atoms with Crippen molar-refractivity contribution in [3.63, 3.8) is 0 Å². The van der Waals surface area contributed by atoms with Crippen molar-refractivity contribution < 1.29 is 33.4 Å². The van der Waals surface area contributed by atoms with Gasteiger partial charge in [0.15, 0.2) is 0 Å². The fraction of sp³-hybridized carbons (Fsp3) is 0.511. The van der Waals surface area contributed by atoms with Crippen LogP contribution in [-0.4, -0.2) is 134 Å². The van der Waals surface area contributed by atoms with Crippen LogP contribution in [0.1, 0.15) is 75.9 Å². The van der Waals surface area contributed by atoms with Crippen LogP contribution in [0.2, 0.25) is 0 Å². The normalized spacial score (nSPS) is 20.0. The number of ether oxygens (including phenoxy) is 2. The Labute approximate surface area is 355 Å². The Morgan fingerprint density at radius 2 is 1.59 bits per heavy atom. The summed E-state index contributed by atoms with van der Waals surface area (Å²) in [4.78, 5) is 87.2. The van der Waals surface area contributed by atoms with Crippen molar-refractivity contribution in [1.29, 1.82) is 0 Å². The lowest BCUT2D eigenvalue weighted by molar-refractivity contribution is -0.136. The van der Waals surface area contributed by atoms with E-state index >= 15 is 0 Å². The molecule has 5 aliphatic rings. The predicted octanol–water partition coefficient (Wildman–Crippen LogP) is 2.98. The Kier molecular flexibility index (Phi) is 11.7. The van der Waals surface area contributed by atoms with Gasteiger partial charge in [-0.3, -0.25) is 34.2 Å². The largest absolute Gasteiger partial charge is 0.496 e. The van der Waals surface area contributed by atoms with Gasteiger partial charge >= 0.3 is 6.03 Å². The van der Waals surface area contributed by atoms with Gasteiger partial charge in [-0.1, -0.05) is 0 Å². The van der Waals surface area contributed by atoms with Crippen molar-refractivity contribution in [3.8, 4) is 22.6 Å². The third-order valence-electron chi connectivity index (χ3n) is 13.3. The third kappa shape index (κ3) is 8.10. The molecule has 0 bridgehead atoms. The Bertz CT molecular complexity index is 2310. The molecule has 8 rings (SSSR count). The van der Waals surface area contributed by atoms with E-state index in [4.69, 9.17) is 9.47 Å². The number of fused-ring (bicyclic) bond motifs is 2. The zero-order chi connectivity index (χ0) is 43.2. The summed E-state index contributed by atoms with van der Waals surface area (Å²) in [6.07, 6.45) is 6.58. The summed E-state index contributed by atoms with van der Waals surface area (Å²) in [6, 6.07) is 8.21. The zero-order valence-electron chi connectivity index (χ0n) is 35.8. The third-order valence-corrected chi connectivity index (χ3v) is 13.3. The number of hydrogen-bond acceptors (Lipinski definition) is 11. The highest BCUT2D eigenvalue weighted by molar-refractivity contribution is 6.23. The number of imide groups is 2. The number of nitrogens with zero attached hydrogens (tertiary/aromatic N) is 6. The van der Waals surface area contributed by atoms with Crippen LogP contribution in [0.25, 0.3) is 11.1 Å². The van der Waals surface area contributed by atoms with E-state index in [0.717, 1.165) is 91.2 Å². The average Bonchev–Trinajstić information content (AvgIpc) is 3.78. The van der Waals surface area contributed by atoms with Gasteiger partial charge < -0.3 is 39.0 Å². The van der Waals surface area contributed by atoms with Crippen molar-refractivity contribution in [2.75, 3.05) is 79.0 Å². The van der Waals surface area contributed by atoms with Crippen molar-refractivity contribution in [2.45, 2.75) is 64.1 Å². The van der Waals surface area contributed by atoms with Gasteiger partial charge in [0, 0.05) is 69.2 Å². The van der Waals surface area contributed by atoms with E-state index in [1.807, 2.05) is 38.5 Å². The maximum absolute atomic E-state index is 13.4. The number of carbonyl (C=O) groups is 5. The highest BCUT2D eigenvalue weighted by Gasteiger charge is 2.46. The molecular formula is C45H56N8O8. The van der Waals surface area contributed by atoms with Crippen LogP contribution in [0.4, 0.5) is 10.5 Å². The highest BCUT2D eigenvalue weighted by atomic mass is 16.5. The van der Waals surface area contributed by atoms with E-state index in [1.54, 1.807) is 42.9 Å². The topological polar surface area (TPSA) is 166 Å². The van der Waals surface area contributed by atoms with E-state index < -0.39 is 29.7 Å². The summed E-state index contributed by atoms with van der Waals surface area (Å²) < 4.78 is 13.2. The molecule has 0 saturated carbocycles. The summed E-state index contributed by atoms with van der Waals surface area (Å²) >= 11 is 0. The highest BCUT2D eigenvalue weighted by Crippen LogP contribution is 2.43. The van der Waals surface area contributed by atoms with Gasteiger partial charge in [0.1, 0.15) is 17.5 Å². The monoisotopic (exact) mass is 836 g/mol. The van der Waals surface area contributed by atoms with Gasteiger partial charge in [-0.25, -0.2) is 4.79 Å². The van der Waals surface area contributed by atoms with Crippen LogP contribution in [-0.2, 0) is 36.1 Å². The van der Waals surface area contributed by atoms with Gasteiger partial charge in [0.2, 0.25) is 11.8 Å². The summed E-state index contributed by atoms with van der Waals surface area (Å²) in [5.74, 6) is -0.563. The first-order valence-electron chi connectivity index (χ1n) is 21.3. The molecule has 324 valence electrons. The van der Waals surface area contributed by atoms with E-state index in [2.05, 4.69) is 25.3 Å². The van der Waals surface area contributed by atoms with Crippen molar-refractivity contribution in [2.24, 2.45) is 12.5 Å². The molecule has 0 aliphatic carbocycles. The number of aryl methyl sites for hydroxylation is 1. The quantitative estimate of drug-likeness (QED) is 0.216. The number of piperidine rings is 2. The molecule has 3 fully saturated rings. The second kappa shape index (κ2) is 17.0. The average molecular weight is 837 g/mol. The second-order valence-corrected chi connectivity index (χ2v) is 17.5. The molecule has 1 unspecified atom stereocenters. The Morgan fingerprint density at radius 1 is 0.885 bits per heavy atom. The molecule has 6 heterocycles. The molecule has 2 N–H and O–H groups in total. The Hall–Kier alpha value is -5.74. The molecule has 61 heavy (non-hydrogen) atoms. The molecule has 5 aliphatic heterocycles. The van der Waals surface area contributed by atoms with Crippen molar-refractivity contribution in [3.05, 3.63) is 74.7 Å². The predicted molar refractivity (Wildman–Crippen MR) is 228 cm³/mol. The maximum atomic E-state index is 13.4. The Balaban J connectivity index is 0.819. The summed E-state index contributed by atoms with van der Waals surface area (Å²) in [6.45, 7) is 6.43. The van der Waals surface area contributed by atoms with Crippen LogP contribution in [0.5, 0.6) is 11.5 Å². The minimum absolute atomic E-state index is 0.0852. The number of benzene rings is 2. The number of pyridine rings is 1. The first-order chi connectivity index (χ1) is 29.3. The number of methoxy groups -OCH3 is 2. The lowest BCUT2D eigenvalue weighted by Crippen LogP contribution is -2.54. The molecular weight excluding hydrogens is 781 g/mol. The molecule has 16 nitrogen and oxygen atoms in total. The van der Waals surface area contributed by atoms with E-state index in [0.29, 0.717) is 54.2 Å². The number of nitrogens with one attached hydrogen (secondary N) is 2. The van der Waals surface area contributed by atoms with Gasteiger partial charge in [-0.2, -0.15) is 0 Å². The SMILES string of the molecule is COc1cc(-c2cn(C)c(=O)c3c2CCN(C(=O)NCCCN2CCC4(CC2)CCN(c2ccc5c(c2)C(=O)N(C2CCC(=O)NC2=O)C5=O)C4)C3)cc(OC)c1CN(C)C. The van der Waals surface area contributed by atoms with Gasteiger partial charge in [0.05, 0.1) is 37.5 Å². The first-order valence-corrected chi connectivity index (χ1v) is 21.3. The number of carbonyl (C=O) groups excluding carboxylic acids is 5. The summed E-state index contributed by atoms with van der Waals surface area (Å²) in [5.41, 5.74) is 5.89. The number of aromatic nitrogens is 1. The van der Waals surface area contributed by atoms with Crippen LogP contribution in [0, 0.1) is 5.41 Å². The van der Waals surface area contributed by atoms with Gasteiger partial charge in [-0.05, 0) is 119 Å². The van der Waals surface area contributed by atoms with Gasteiger partial charge in [-0.15, -0.1) is 0 Å².